The zero-order valence-electron chi connectivity index (χ0n) is 23.8. The van der Waals surface area contributed by atoms with Crippen LogP contribution in [0.3, 0.4) is 0 Å². The molecule has 0 unspecified atom stereocenters. The molecule has 3 aromatic carbocycles. The normalized spacial score (nSPS) is 15.7. The SMILES string of the molecule is CN(C)C(=O)c1nc2n(c1Cl)CCN(C(=O)c1cccc(CN3C(=O)C(c4ccccc4)(c4ccccc4)N=C3N)c1)C2. The van der Waals surface area contributed by atoms with E-state index in [0.29, 0.717) is 24.5 Å². The second-order valence-corrected chi connectivity index (χ2v) is 11.1. The first-order chi connectivity index (χ1) is 20.7. The Morgan fingerprint density at radius 2 is 1.60 bits per heavy atom. The number of amides is 3. The van der Waals surface area contributed by atoms with Crippen molar-refractivity contribution in [3.8, 4) is 0 Å². The molecule has 3 amide bonds. The molecule has 2 aliphatic heterocycles. The van der Waals surface area contributed by atoms with E-state index in [2.05, 4.69) is 4.98 Å². The summed E-state index contributed by atoms with van der Waals surface area (Å²) in [6.07, 6.45) is 0. The number of guanidine groups is 1. The van der Waals surface area contributed by atoms with E-state index in [1.165, 1.54) is 9.80 Å². The van der Waals surface area contributed by atoms with Gasteiger partial charge in [0.2, 0.25) is 0 Å². The monoisotopic (exact) mass is 595 g/mol. The van der Waals surface area contributed by atoms with Crippen LogP contribution in [0.25, 0.3) is 0 Å². The highest BCUT2D eigenvalue weighted by atomic mass is 35.5. The van der Waals surface area contributed by atoms with Gasteiger partial charge >= 0.3 is 0 Å². The van der Waals surface area contributed by atoms with Gasteiger partial charge in [0.15, 0.2) is 17.2 Å². The highest BCUT2D eigenvalue weighted by molar-refractivity contribution is 6.32. The van der Waals surface area contributed by atoms with Gasteiger partial charge in [0.1, 0.15) is 11.0 Å². The first-order valence-electron chi connectivity index (χ1n) is 13.8. The minimum absolute atomic E-state index is 0.109. The fourth-order valence-electron chi connectivity index (χ4n) is 5.62. The van der Waals surface area contributed by atoms with E-state index in [-0.39, 0.29) is 47.6 Å². The van der Waals surface area contributed by atoms with Gasteiger partial charge in [-0.05, 0) is 28.8 Å². The number of hydrogen-bond donors (Lipinski definition) is 1. The summed E-state index contributed by atoms with van der Waals surface area (Å²) >= 11 is 6.45. The van der Waals surface area contributed by atoms with Gasteiger partial charge in [0, 0.05) is 32.7 Å². The van der Waals surface area contributed by atoms with E-state index < -0.39 is 5.54 Å². The first kappa shape index (κ1) is 28.2. The summed E-state index contributed by atoms with van der Waals surface area (Å²) in [6.45, 7) is 1.18. The molecule has 0 spiro atoms. The number of carbonyl (C=O) groups excluding carboxylic acids is 3. The Kier molecular flexibility index (Phi) is 7.23. The fourth-order valence-corrected chi connectivity index (χ4v) is 5.92. The standard InChI is InChI=1S/C32H30ClN7O3/c1-37(2)29(42)26-27(33)39-17-16-38(20-25(39)35-26)28(41)22-11-9-10-21(18-22)19-40-30(43)32(36-31(40)34,23-12-5-3-6-13-23)24-14-7-4-8-15-24/h3-15,18H,16-17,19-20H2,1-2H3,(H2,34,36). The zero-order valence-corrected chi connectivity index (χ0v) is 24.5. The summed E-state index contributed by atoms with van der Waals surface area (Å²) in [5.41, 5.74) is 7.93. The smallest absolute Gasteiger partial charge is 0.275 e. The van der Waals surface area contributed by atoms with E-state index in [1.807, 2.05) is 66.7 Å². The molecule has 2 N–H and O–H groups in total. The molecule has 43 heavy (non-hydrogen) atoms. The highest BCUT2D eigenvalue weighted by Gasteiger charge is 2.50. The number of fused-ring (bicyclic) bond motifs is 1. The molecule has 1 aromatic heterocycles. The quantitative estimate of drug-likeness (QED) is 0.366. The molecule has 2 aliphatic rings. The molecule has 0 aliphatic carbocycles. The number of aromatic nitrogens is 2. The molecule has 11 heteroatoms. The van der Waals surface area contributed by atoms with Crippen molar-refractivity contribution in [2.45, 2.75) is 25.2 Å². The average Bonchev–Trinajstić information content (AvgIpc) is 3.50. The number of halogens is 1. The fraction of sp³-hybridized carbons (Fsp3) is 0.219. The Hall–Kier alpha value is -4.96. The van der Waals surface area contributed by atoms with Crippen LogP contribution in [0.15, 0.2) is 89.9 Å². The Labute approximate surface area is 254 Å². The minimum atomic E-state index is -1.30. The number of nitrogens with zero attached hydrogens (tertiary/aromatic N) is 6. The van der Waals surface area contributed by atoms with Crippen molar-refractivity contribution in [1.29, 1.82) is 0 Å². The number of rotatable bonds is 6. The zero-order chi connectivity index (χ0) is 30.3. The van der Waals surface area contributed by atoms with Crippen molar-refractivity contribution in [2.75, 3.05) is 20.6 Å². The third kappa shape index (κ3) is 4.83. The van der Waals surface area contributed by atoms with Crippen LogP contribution in [-0.2, 0) is 30.0 Å². The van der Waals surface area contributed by atoms with Crippen molar-refractivity contribution in [1.82, 2.24) is 24.3 Å². The Morgan fingerprint density at radius 3 is 2.23 bits per heavy atom. The largest absolute Gasteiger partial charge is 0.369 e. The first-order valence-corrected chi connectivity index (χ1v) is 14.2. The van der Waals surface area contributed by atoms with Crippen LogP contribution in [0, 0.1) is 0 Å². The van der Waals surface area contributed by atoms with E-state index in [4.69, 9.17) is 22.3 Å². The molecule has 0 bridgehead atoms. The topological polar surface area (TPSA) is 117 Å². The number of carbonyl (C=O) groups is 3. The Bertz CT molecular complexity index is 1710. The Balaban J connectivity index is 1.24. The number of hydrogen-bond acceptors (Lipinski definition) is 6. The summed E-state index contributed by atoms with van der Waals surface area (Å²) in [5.74, 6) is -0.0831. The molecule has 4 aromatic rings. The van der Waals surface area contributed by atoms with Crippen LogP contribution in [0.1, 0.15) is 43.4 Å². The van der Waals surface area contributed by atoms with Crippen molar-refractivity contribution < 1.29 is 14.4 Å². The van der Waals surface area contributed by atoms with Gasteiger partial charge in [-0.15, -0.1) is 0 Å². The van der Waals surface area contributed by atoms with Crippen molar-refractivity contribution in [3.05, 3.63) is 124 Å². The van der Waals surface area contributed by atoms with E-state index in [0.717, 1.165) is 16.7 Å². The third-order valence-electron chi connectivity index (χ3n) is 7.82. The molecule has 10 nitrogen and oxygen atoms in total. The summed E-state index contributed by atoms with van der Waals surface area (Å²) in [6, 6.07) is 25.9. The van der Waals surface area contributed by atoms with Gasteiger partial charge < -0.3 is 20.1 Å². The second kappa shape index (κ2) is 11.0. The van der Waals surface area contributed by atoms with Gasteiger partial charge in [-0.3, -0.25) is 19.3 Å². The number of imidazole rings is 1. The average molecular weight is 596 g/mol. The molecule has 0 atom stereocenters. The van der Waals surface area contributed by atoms with E-state index >= 15 is 0 Å². The molecular weight excluding hydrogens is 566 g/mol. The van der Waals surface area contributed by atoms with Crippen LogP contribution in [0.2, 0.25) is 5.15 Å². The molecule has 3 heterocycles. The molecule has 0 saturated carbocycles. The maximum atomic E-state index is 14.2. The summed E-state index contributed by atoms with van der Waals surface area (Å²) in [7, 11) is 3.27. The second-order valence-electron chi connectivity index (χ2n) is 10.7. The summed E-state index contributed by atoms with van der Waals surface area (Å²) in [5, 5.41) is 0.277. The predicted octanol–water partition coefficient (Wildman–Crippen LogP) is 3.50. The van der Waals surface area contributed by atoms with Gasteiger partial charge in [-0.1, -0.05) is 84.4 Å². The minimum Gasteiger partial charge on any atom is -0.369 e. The lowest BCUT2D eigenvalue weighted by atomic mass is 9.83. The number of nitrogens with two attached hydrogens (primary N) is 1. The lowest BCUT2D eigenvalue weighted by Gasteiger charge is -2.28. The van der Waals surface area contributed by atoms with Crippen LogP contribution in [-0.4, -0.2) is 68.6 Å². The maximum absolute atomic E-state index is 14.2. The van der Waals surface area contributed by atoms with Crippen LogP contribution in [0.5, 0.6) is 0 Å². The summed E-state index contributed by atoms with van der Waals surface area (Å²) < 4.78 is 1.77. The highest BCUT2D eigenvalue weighted by Crippen LogP contribution is 2.40. The van der Waals surface area contributed by atoms with Gasteiger partial charge in [-0.25, -0.2) is 9.98 Å². The number of benzene rings is 3. The molecule has 218 valence electrons. The number of aliphatic imine (C=N–C) groups is 1. The molecular formula is C32H30ClN7O3. The van der Waals surface area contributed by atoms with E-state index in [1.54, 1.807) is 41.8 Å². The van der Waals surface area contributed by atoms with Crippen molar-refractivity contribution in [2.24, 2.45) is 10.7 Å². The van der Waals surface area contributed by atoms with E-state index in [9.17, 15) is 14.4 Å². The summed E-state index contributed by atoms with van der Waals surface area (Å²) in [4.78, 5) is 54.0. The predicted molar refractivity (Wildman–Crippen MR) is 162 cm³/mol. The molecule has 0 radical (unpaired) electrons. The Morgan fingerprint density at radius 1 is 0.953 bits per heavy atom. The van der Waals surface area contributed by atoms with Crippen molar-refractivity contribution in [3.63, 3.8) is 0 Å². The molecule has 0 saturated heterocycles. The molecule has 6 rings (SSSR count). The van der Waals surface area contributed by atoms with Gasteiger partial charge in [0.05, 0.1) is 13.1 Å². The maximum Gasteiger partial charge on any atom is 0.275 e. The van der Waals surface area contributed by atoms with Crippen molar-refractivity contribution >= 4 is 35.3 Å². The lowest BCUT2D eigenvalue weighted by molar-refractivity contribution is -0.130. The van der Waals surface area contributed by atoms with Crippen LogP contribution < -0.4 is 5.73 Å². The van der Waals surface area contributed by atoms with Gasteiger partial charge in [0.25, 0.3) is 17.7 Å². The lowest BCUT2D eigenvalue weighted by Crippen LogP contribution is -2.43. The van der Waals surface area contributed by atoms with Crippen LogP contribution in [0.4, 0.5) is 0 Å². The van der Waals surface area contributed by atoms with Gasteiger partial charge in [-0.2, -0.15) is 0 Å². The third-order valence-corrected chi connectivity index (χ3v) is 8.20. The molecule has 0 fully saturated rings. The van der Waals surface area contributed by atoms with Crippen LogP contribution >= 0.6 is 11.6 Å².